The van der Waals surface area contributed by atoms with E-state index in [1.807, 2.05) is 0 Å². The van der Waals surface area contributed by atoms with E-state index in [2.05, 4.69) is 5.32 Å². The van der Waals surface area contributed by atoms with Crippen LogP contribution in [0.15, 0.2) is 41.3 Å². The number of thioether (sulfide) groups is 1. The van der Waals surface area contributed by atoms with Crippen molar-refractivity contribution in [2.24, 2.45) is 0 Å². The van der Waals surface area contributed by atoms with Crippen LogP contribution in [0.1, 0.15) is 35.3 Å². The van der Waals surface area contributed by atoms with E-state index in [4.69, 9.17) is 4.74 Å². The van der Waals surface area contributed by atoms with Crippen LogP contribution < -0.4 is 10.1 Å². The van der Waals surface area contributed by atoms with Gasteiger partial charge in [-0.3, -0.25) is 14.9 Å². The maximum absolute atomic E-state index is 13.9. The lowest BCUT2D eigenvalue weighted by atomic mass is 10.0. The molecule has 1 aliphatic heterocycles. The van der Waals surface area contributed by atoms with Crippen LogP contribution in [-0.2, 0) is 0 Å². The van der Waals surface area contributed by atoms with E-state index in [0.717, 1.165) is 5.56 Å². The maximum Gasteiger partial charge on any atom is 0.311 e. The zero-order valence-electron chi connectivity index (χ0n) is 14.0. The van der Waals surface area contributed by atoms with Crippen LogP contribution in [0.25, 0.3) is 0 Å². The summed E-state index contributed by atoms with van der Waals surface area (Å²) < 4.78 is 19.2. The highest BCUT2D eigenvalue weighted by Gasteiger charge is 2.26. The molecule has 1 unspecified atom stereocenters. The molecule has 0 aromatic heterocycles. The molecule has 136 valence electrons. The minimum atomic E-state index is -0.580. The van der Waals surface area contributed by atoms with Crippen LogP contribution in [-0.4, -0.2) is 23.2 Å². The van der Waals surface area contributed by atoms with Gasteiger partial charge in [0.05, 0.1) is 17.6 Å². The van der Waals surface area contributed by atoms with Crippen molar-refractivity contribution < 1.29 is 18.8 Å². The van der Waals surface area contributed by atoms with Crippen molar-refractivity contribution >= 4 is 23.4 Å². The third kappa shape index (κ3) is 3.65. The number of nitro benzene ring substituents is 1. The molecular weight excluding hydrogens is 359 g/mol. The molecule has 0 saturated carbocycles. The summed E-state index contributed by atoms with van der Waals surface area (Å²) in [5, 5.41) is 14.1. The second-order valence-corrected chi connectivity index (χ2v) is 6.80. The third-order valence-corrected chi connectivity index (χ3v) is 5.21. The molecule has 0 spiro atoms. The van der Waals surface area contributed by atoms with Gasteiger partial charge in [-0.05, 0) is 37.1 Å². The third-order valence-electron chi connectivity index (χ3n) is 4.05. The van der Waals surface area contributed by atoms with Crippen molar-refractivity contribution in [1.29, 1.82) is 0 Å². The van der Waals surface area contributed by atoms with Gasteiger partial charge in [0, 0.05) is 22.3 Å². The highest BCUT2D eigenvalue weighted by atomic mass is 32.2. The van der Waals surface area contributed by atoms with E-state index in [1.54, 1.807) is 19.1 Å². The van der Waals surface area contributed by atoms with Gasteiger partial charge in [0.1, 0.15) is 5.82 Å². The molecule has 2 aromatic rings. The van der Waals surface area contributed by atoms with Crippen LogP contribution >= 0.6 is 11.8 Å². The van der Waals surface area contributed by atoms with E-state index >= 15 is 0 Å². The Hall–Kier alpha value is -2.61. The lowest BCUT2D eigenvalue weighted by Crippen LogP contribution is -2.30. The number of nitro groups is 1. The molecular formula is C18H17FN2O4S. The summed E-state index contributed by atoms with van der Waals surface area (Å²) >= 11 is 1.42. The van der Waals surface area contributed by atoms with Crippen molar-refractivity contribution in [3.63, 3.8) is 0 Å². The fourth-order valence-electron chi connectivity index (χ4n) is 2.86. The van der Waals surface area contributed by atoms with Crippen LogP contribution in [0.3, 0.4) is 0 Å². The monoisotopic (exact) mass is 376 g/mol. The van der Waals surface area contributed by atoms with Gasteiger partial charge in [0.25, 0.3) is 5.91 Å². The molecule has 8 heteroatoms. The molecule has 1 aliphatic rings. The summed E-state index contributed by atoms with van der Waals surface area (Å²) in [6.07, 6.45) is 0.659. The van der Waals surface area contributed by atoms with Gasteiger partial charge in [-0.1, -0.05) is 12.1 Å². The van der Waals surface area contributed by atoms with E-state index in [0.29, 0.717) is 17.1 Å². The van der Waals surface area contributed by atoms with Crippen molar-refractivity contribution in [3.05, 3.63) is 63.5 Å². The van der Waals surface area contributed by atoms with E-state index in [1.165, 1.54) is 36.0 Å². The number of rotatable bonds is 5. The fraction of sp³-hybridized carbons (Fsp3) is 0.278. The number of hydrogen-bond acceptors (Lipinski definition) is 5. The second-order valence-electron chi connectivity index (χ2n) is 5.69. The van der Waals surface area contributed by atoms with Gasteiger partial charge in [-0.25, -0.2) is 4.39 Å². The van der Waals surface area contributed by atoms with Crippen LogP contribution in [0.5, 0.6) is 5.75 Å². The number of nitrogens with zero attached hydrogens (tertiary/aromatic N) is 1. The number of halogens is 1. The summed E-state index contributed by atoms with van der Waals surface area (Å²) in [6, 6.07) is 8.56. The molecule has 6 nitrogen and oxygen atoms in total. The highest BCUT2D eigenvalue weighted by Crippen LogP contribution is 2.38. The summed E-state index contributed by atoms with van der Waals surface area (Å²) in [5.74, 6) is 0.0596. The molecule has 0 bridgehead atoms. The zero-order valence-corrected chi connectivity index (χ0v) is 14.8. The highest BCUT2D eigenvalue weighted by molar-refractivity contribution is 7.99. The number of ether oxygens (including phenoxy) is 1. The first kappa shape index (κ1) is 18.2. The van der Waals surface area contributed by atoms with Crippen LogP contribution in [0.4, 0.5) is 10.1 Å². The van der Waals surface area contributed by atoms with Gasteiger partial charge in [0.15, 0.2) is 5.75 Å². The zero-order chi connectivity index (χ0) is 18.7. The molecule has 0 fully saturated rings. The molecule has 2 aromatic carbocycles. The standard InChI is InChI=1S/C18H17FN2O4S/c1-2-25-16-7-6-11(10-15(16)21(23)24)18(22)20-14-8-9-26-17-12(14)4-3-5-13(17)19/h3-7,10,14H,2,8-9H2,1H3,(H,20,22). The van der Waals surface area contributed by atoms with E-state index in [9.17, 15) is 19.3 Å². The topological polar surface area (TPSA) is 81.5 Å². The number of benzene rings is 2. The van der Waals surface area contributed by atoms with Crippen molar-refractivity contribution in [2.75, 3.05) is 12.4 Å². The molecule has 26 heavy (non-hydrogen) atoms. The van der Waals surface area contributed by atoms with Crippen molar-refractivity contribution in [2.45, 2.75) is 24.3 Å². The first-order chi connectivity index (χ1) is 12.5. The Bertz CT molecular complexity index is 859. The van der Waals surface area contributed by atoms with Gasteiger partial charge < -0.3 is 10.1 Å². The minimum absolute atomic E-state index is 0.121. The Kier molecular flexibility index (Phi) is 5.41. The SMILES string of the molecule is CCOc1ccc(C(=O)NC2CCSc3c(F)cccc32)cc1[N+](=O)[O-]. The average molecular weight is 376 g/mol. The first-order valence-electron chi connectivity index (χ1n) is 8.14. The fourth-order valence-corrected chi connectivity index (χ4v) is 4.00. The number of carbonyl (C=O) groups is 1. The summed E-state index contributed by atoms with van der Waals surface area (Å²) in [4.78, 5) is 23.8. The number of fused-ring (bicyclic) bond motifs is 1. The Morgan fingerprint density at radius 1 is 1.42 bits per heavy atom. The van der Waals surface area contributed by atoms with Gasteiger partial charge in [0.2, 0.25) is 0 Å². The molecule has 0 saturated heterocycles. The number of nitrogens with one attached hydrogen (secondary N) is 1. The first-order valence-corrected chi connectivity index (χ1v) is 9.13. The summed E-state index contributed by atoms with van der Waals surface area (Å²) in [5.41, 5.74) is 0.636. The summed E-state index contributed by atoms with van der Waals surface area (Å²) in [7, 11) is 0. The Labute approximate surface area is 153 Å². The molecule has 3 rings (SSSR count). The van der Waals surface area contributed by atoms with Crippen molar-refractivity contribution in [1.82, 2.24) is 5.32 Å². The number of carbonyl (C=O) groups excluding carboxylic acids is 1. The minimum Gasteiger partial charge on any atom is -0.487 e. The van der Waals surface area contributed by atoms with Gasteiger partial charge in [-0.15, -0.1) is 11.8 Å². The molecule has 0 aliphatic carbocycles. The average Bonchev–Trinajstić information content (AvgIpc) is 2.63. The normalized spacial score (nSPS) is 15.8. The van der Waals surface area contributed by atoms with Crippen LogP contribution in [0, 0.1) is 15.9 Å². The number of hydrogen-bond donors (Lipinski definition) is 1. The Morgan fingerprint density at radius 3 is 2.96 bits per heavy atom. The van der Waals surface area contributed by atoms with Gasteiger partial charge >= 0.3 is 5.69 Å². The van der Waals surface area contributed by atoms with E-state index in [-0.39, 0.29) is 35.5 Å². The molecule has 0 radical (unpaired) electrons. The maximum atomic E-state index is 13.9. The lowest BCUT2D eigenvalue weighted by molar-refractivity contribution is -0.385. The smallest absolute Gasteiger partial charge is 0.311 e. The quantitative estimate of drug-likeness (QED) is 0.628. The Morgan fingerprint density at radius 2 is 2.23 bits per heavy atom. The lowest BCUT2D eigenvalue weighted by Gasteiger charge is -2.26. The predicted octanol–water partition coefficient (Wildman–Crippen LogP) is 4.10. The van der Waals surface area contributed by atoms with Crippen LogP contribution in [0.2, 0.25) is 0 Å². The van der Waals surface area contributed by atoms with Crippen molar-refractivity contribution in [3.8, 4) is 5.75 Å². The molecule has 1 atom stereocenters. The molecule has 1 heterocycles. The van der Waals surface area contributed by atoms with E-state index < -0.39 is 10.8 Å². The predicted molar refractivity (Wildman–Crippen MR) is 96.2 cm³/mol. The molecule has 1 N–H and O–H groups in total. The Balaban J connectivity index is 1.85. The molecule has 1 amide bonds. The largest absolute Gasteiger partial charge is 0.487 e. The van der Waals surface area contributed by atoms with Gasteiger partial charge in [-0.2, -0.15) is 0 Å². The number of amides is 1. The second kappa shape index (κ2) is 7.74. The summed E-state index contributed by atoms with van der Waals surface area (Å²) in [6.45, 7) is 2.01.